The molecule has 0 bridgehead atoms. The molecular weight excluding hydrogens is 1710 g/mol. The minimum Gasteiger partial charge on any atom is -0.523 e. The van der Waals surface area contributed by atoms with Crippen molar-refractivity contribution in [2.24, 2.45) is 105 Å². The number of nitrogens with zero attached hydrogens (tertiary/aromatic N) is 15. The van der Waals surface area contributed by atoms with Gasteiger partial charge in [0.25, 0.3) is 0 Å². The van der Waals surface area contributed by atoms with Gasteiger partial charge in [-0.1, -0.05) is 151 Å². The van der Waals surface area contributed by atoms with Crippen LogP contribution < -0.4 is 5.48 Å². The average molecular weight is 1870 g/mol. The summed E-state index contributed by atoms with van der Waals surface area (Å²) in [6, 6.07) is 0. The molecular formula is C112H158N16O9. The minimum atomic E-state index is -0.307. The number of carbonyl (C=O) groups is 3. The van der Waals surface area contributed by atoms with Gasteiger partial charge in [-0.3, -0.25) is 37.7 Å². The minimum absolute atomic E-state index is 0.00219. The molecule has 25 heteroatoms. The van der Waals surface area contributed by atoms with Crippen LogP contribution in [-0.4, -0.2) is 123 Å². The number of ketones is 3. The van der Waals surface area contributed by atoms with Gasteiger partial charge in [-0.05, 0) is 255 Å². The molecule has 9 saturated carbocycles. The number of carbonyl (C=O) groups excluding carboxylic acids is 3. The molecule has 25 nitrogen and oxygen atoms in total. The predicted molar refractivity (Wildman–Crippen MR) is 527 cm³/mol. The Labute approximate surface area is 815 Å². The first-order valence-corrected chi connectivity index (χ1v) is 52.8. The largest absolute Gasteiger partial charge is 0.523 e. The number of allylic oxidation sites excluding steroid dienone is 5. The van der Waals surface area contributed by atoms with Gasteiger partial charge in [0.05, 0.1) is 73.0 Å². The molecule has 740 valence electrons. The molecule has 0 aromatic carbocycles. The second kappa shape index (κ2) is 36.6. The van der Waals surface area contributed by atoms with Crippen molar-refractivity contribution in [1.29, 1.82) is 0 Å². The number of hydroxylamine groups is 1. The van der Waals surface area contributed by atoms with Crippen molar-refractivity contribution in [2.45, 2.75) is 383 Å². The molecule has 0 unspecified atom stereocenters. The zero-order valence-corrected chi connectivity index (χ0v) is 85.5. The standard InChI is InChI=1S/C19H28N2O2.2C18H23N3O.C18H21N3O.C18H24N2O2.C17H24N2O.C2H6.CH5NO.CH4/c1-17-9-10-19(22-11-12-23-19)18(7-3-4-8-18)15(17)6-5-14-13-21(2)20-16(14)17;1-17-9-13-10-19-22-16(13)18(7-3-4-8-18)14(17)6-5-12-11-21(2)20-15(12)17;2*1-17-10-13(19-2)16(22)18(8-4-5-9-18)14(17)7-6-12-11-21(3)20-15(12)17;1-17-9-13(11-21)16(22)18(7-3-4-8-18)14(17)6-5-12-10-20(2)19-15(12)17;1-16-10-7-14(20)17(8-3-4-9-17)13(16)6-5-12-11-19(2)18-15(12)16;1-2;1-2-3;/h13,15H,3-12H2,1-2H3;10-11,14H,3-9H2,1-2H3;11,14,22H,4-10H2,1,3H3;10-11,14H,4-9H2,1,3H3;10-11,14,21H,3-9H2,1-2H3;11,13H,3-10H2,1-2H3;1-2H3;2-3H,1H3;1H4/b;;;;13-11-;;;;/t15-,17+;4*14-,17+;13-,16+;;;/m111111.../s1/i;;;;;;;;1T. The second-order valence-corrected chi connectivity index (χ2v) is 46.8. The van der Waals surface area contributed by atoms with Gasteiger partial charge in [0.2, 0.25) is 11.4 Å². The van der Waals surface area contributed by atoms with Gasteiger partial charge < -0.3 is 34.2 Å². The summed E-state index contributed by atoms with van der Waals surface area (Å²) in [6.45, 7) is 34.6. The van der Waals surface area contributed by atoms with Crippen LogP contribution in [0.15, 0.2) is 83.0 Å². The van der Waals surface area contributed by atoms with Crippen LogP contribution >= 0.6 is 0 Å². The Morgan fingerprint density at radius 3 is 1.23 bits per heavy atom. The molecule has 7 aromatic rings. The summed E-state index contributed by atoms with van der Waals surface area (Å²) in [6.07, 6.45) is 65.5. The zero-order valence-electron chi connectivity index (χ0n) is 86.5. The van der Waals surface area contributed by atoms with Crippen LogP contribution in [0.25, 0.3) is 9.69 Å². The number of rotatable bonds is 0. The SMILES string of the molecule is CC.CNO.Cn1cc2c(n1)[C@@]1(C)C/C(=C/O)C(=O)C3(CCCC3)[C@@H]1CC2.Cn1cc2c(n1)[C@@]1(C)CCC(=O)C3(CCCC3)[C@@H]1CC2.Cn1cc2c(n1)[C@@]1(C)CCC3(OCCO3)C3(CCCC3)[C@@H]1CC2.Cn1cc2c(n1)[C@@]1(C)Cc3cnoc3C3(CCCC3)[C@@H]1CC2.[3H]C.[C-]#[N+]C1=C(O)C2(CCCC2)[C@@H]2CCc3cn(C)nc3[C@@]2(C)C1.[C-]#[N+]C1=C[C@]2(C)c3nn(C)cc3CC[C@H]2C2(CCCC2)C1=O. The number of aliphatic hydroxyl groups is 2. The molecule has 18 aliphatic carbocycles. The van der Waals surface area contributed by atoms with Crippen LogP contribution in [0.1, 0.15) is 374 Å². The van der Waals surface area contributed by atoms with E-state index in [0.717, 1.165) is 204 Å². The Morgan fingerprint density at radius 1 is 0.431 bits per heavy atom. The number of Topliss-reactive ketones (excluding diaryl/α,β-unsaturated/α-hetero) is 3. The van der Waals surface area contributed by atoms with Gasteiger partial charge in [0.1, 0.15) is 17.3 Å². The molecule has 1 aliphatic heterocycles. The molecule has 0 radical (unpaired) electrons. The molecule has 137 heavy (non-hydrogen) atoms. The van der Waals surface area contributed by atoms with E-state index < -0.39 is 0 Å². The highest BCUT2D eigenvalue weighted by Crippen LogP contribution is 2.71. The number of aryl methyl sites for hydroxylation is 12. The average Bonchev–Trinajstić information content (AvgIpc) is 1.49. The van der Waals surface area contributed by atoms with E-state index in [0.29, 0.717) is 76.9 Å². The van der Waals surface area contributed by atoms with E-state index in [9.17, 15) is 24.6 Å². The second-order valence-electron chi connectivity index (χ2n) is 46.8. The summed E-state index contributed by atoms with van der Waals surface area (Å²) >= 11 is 0. The van der Waals surface area contributed by atoms with Crippen LogP contribution in [0.4, 0.5) is 0 Å². The maximum absolute atomic E-state index is 13.0. The number of nitrogens with one attached hydrogen (secondary N) is 1. The fraction of sp³-hybridized carbons (Fsp3) is 0.714. The molecule has 12 atom stereocenters. The van der Waals surface area contributed by atoms with Gasteiger partial charge in [0, 0.05) is 177 Å². The molecule has 8 heterocycles. The fourth-order valence-corrected chi connectivity index (χ4v) is 35.1. The smallest absolute Gasteiger partial charge is 0.226 e. The maximum Gasteiger partial charge on any atom is 0.226 e. The Balaban J connectivity index is 0.000000108. The normalized spacial score (nSPS) is 32.8. The first kappa shape index (κ1) is 97.0. The van der Waals surface area contributed by atoms with Crippen LogP contribution in [0, 0.1) is 75.7 Å². The highest BCUT2D eigenvalue weighted by Gasteiger charge is 2.70. The third-order valence-corrected chi connectivity index (χ3v) is 40.1. The van der Waals surface area contributed by atoms with Gasteiger partial charge in [-0.25, -0.2) is 15.2 Å². The number of hydrogen-bond donors (Lipinski definition) is 4. The van der Waals surface area contributed by atoms with Gasteiger partial charge in [-0.2, -0.15) is 30.6 Å². The topological polar surface area (TPSA) is 284 Å². The Kier molecular flexibility index (Phi) is 25.9. The first-order valence-electron chi connectivity index (χ1n) is 53.8. The summed E-state index contributed by atoms with van der Waals surface area (Å²) in [5.74, 6) is 5.12. The molecule has 19 aliphatic rings. The maximum atomic E-state index is 13.0. The highest BCUT2D eigenvalue weighted by atomic mass is 16.7. The lowest BCUT2D eigenvalue weighted by Crippen LogP contribution is -2.62. The van der Waals surface area contributed by atoms with Crippen LogP contribution in [0.3, 0.4) is 0 Å². The third kappa shape index (κ3) is 15.0. The van der Waals surface area contributed by atoms with Crippen molar-refractivity contribution in [3.63, 3.8) is 0 Å². The monoisotopic (exact) mass is 1870 g/mol. The van der Waals surface area contributed by atoms with Gasteiger partial charge >= 0.3 is 0 Å². The lowest BCUT2D eigenvalue weighted by molar-refractivity contribution is -0.286. The van der Waals surface area contributed by atoms with Crippen molar-refractivity contribution in [3.05, 3.63) is 180 Å². The number of fused-ring (bicyclic) bond motifs is 27. The van der Waals surface area contributed by atoms with Gasteiger partial charge in [-0.15, -0.1) is 0 Å². The number of aromatic nitrogens is 13. The van der Waals surface area contributed by atoms with Crippen LogP contribution in [-0.2, 0) is 149 Å². The van der Waals surface area contributed by atoms with E-state index in [-0.39, 0.29) is 82.3 Å². The lowest BCUT2D eigenvalue weighted by Gasteiger charge is -2.60. The summed E-state index contributed by atoms with van der Waals surface area (Å²) in [7, 11) is 14.7. The quantitative estimate of drug-likeness (QED) is 0.0475. The lowest BCUT2D eigenvalue weighted by atomic mass is 9.47. The first-order chi connectivity index (χ1) is 66.2. The Bertz CT molecular complexity index is 5880. The van der Waals surface area contributed by atoms with Gasteiger partial charge in [0.15, 0.2) is 17.4 Å². The zero-order chi connectivity index (χ0) is 97.9. The molecule has 7 spiro atoms. The predicted octanol–water partition coefficient (Wildman–Crippen LogP) is 21.3. The summed E-state index contributed by atoms with van der Waals surface area (Å²) in [5.41, 5.74) is 20.0. The number of ether oxygens (including phenoxy) is 2. The van der Waals surface area contributed by atoms with Crippen molar-refractivity contribution < 1.29 is 45.2 Å². The van der Waals surface area contributed by atoms with E-state index in [2.05, 4.69) is 108 Å². The Hall–Kier alpha value is -8.88. The van der Waals surface area contributed by atoms with E-state index in [4.69, 9.17) is 64.3 Å². The third-order valence-electron chi connectivity index (χ3n) is 40.1. The Morgan fingerprint density at radius 2 is 0.781 bits per heavy atom. The van der Waals surface area contributed by atoms with Crippen molar-refractivity contribution in [3.8, 4) is 0 Å². The number of aliphatic hydroxyl groups excluding tert-OH is 2. The summed E-state index contributed by atoms with van der Waals surface area (Å²) in [4.78, 5) is 46.0. The molecule has 4 N–H and O–H groups in total. The molecule has 7 aromatic heterocycles. The summed E-state index contributed by atoms with van der Waals surface area (Å²) in [5, 5.41) is 60.8. The summed E-state index contributed by atoms with van der Waals surface area (Å²) < 4.78 is 36.0. The van der Waals surface area contributed by atoms with Crippen LogP contribution in [0.2, 0.25) is 0 Å². The van der Waals surface area contributed by atoms with E-state index >= 15 is 0 Å². The fourth-order valence-electron chi connectivity index (χ4n) is 35.1. The molecule has 10 fully saturated rings. The highest BCUT2D eigenvalue weighted by molar-refractivity contribution is 6.03. The van der Waals surface area contributed by atoms with E-state index in [1.165, 1.54) is 172 Å². The van der Waals surface area contributed by atoms with Crippen molar-refractivity contribution in [2.75, 3.05) is 20.3 Å². The van der Waals surface area contributed by atoms with Crippen LogP contribution in [0.5, 0.6) is 0 Å². The van der Waals surface area contributed by atoms with Crippen molar-refractivity contribution >= 4 is 17.3 Å². The van der Waals surface area contributed by atoms with Crippen molar-refractivity contribution in [1.82, 2.24) is 69.3 Å². The molecule has 0 amide bonds. The molecule has 26 rings (SSSR count). The van der Waals surface area contributed by atoms with E-state index in [1.54, 1.807) is 5.48 Å². The molecule has 1 saturated heterocycles. The van der Waals surface area contributed by atoms with E-state index in [1.807, 2.05) is 82.4 Å². The number of hydrogen-bond acceptors (Lipinski definition) is 17.